The zero-order valence-corrected chi connectivity index (χ0v) is 44.1. The molecular formula is C63H64N6O7S. The summed E-state index contributed by atoms with van der Waals surface area (Å²) in [5, 5.41) is 27.7. The fourth-order valence-electron chi connectivity index (χ4n) is 11.1. The minimum Gasteiger partial charge on any atom is -0.467 e. The van der Waals surface area contributed by atoms with E-state index in [9.17, 15) is 24.3 Å². The highest BCUT2D eigenvalue weighted by Gasteiger charge is 2.64. The Balaban J connectivity index is 0.912. The van der Waals surface area contributed by atoms with Crippen LogP contribution in [0.3, 0.4) is 0 Å². The van der Waals surface area contributed by atoms with Crippen molar-refractivity contribution >= 4 is 47.0 Å². The minimum atomic E-state index is -1.52. The van der Waals surface area contributed by atoms with Gasteiger partial charge in [-0.05, 0) is 45.4 Å². The molecule has 6 unspecified atom stereocenters. The first-order valence-corrected chi connectivity index (χ1v) is 27.0. The molecule has 77 heavy (non-hydrogen) atoms. The smallest absolute Gasteiger partial charge is 0.329 e. The molecule has 2 aliphatic rings. The minimum absolute atomic E-state index is 0.00712. The van der Waals surface area contributed by atoms with Gasteiger partial charge in [0.25, 0.3) is 0 Å². The van der Waals surface area contributed by atoms with Gasteiger partial charge < -0.3 is 36.4 Å². The molecule has 0 bridgehead atoms. The zero-order chi connectivity index (χ0) is 54.0. The molecule has 0 saturated carbocycles. The number of ether oxygens (including phenoxy) is 1. The summed E-state index contributed by atoms with van der Waals surface area (Å²) in [6.45, 7) is 2.71. The van der Waals surface area contributed by atoms with E-state index >= 15 is 4.79 Å². The van der Waals surface area contributed by atoms with Crippen LogP contribution in [0.2, 0.25) is 0 Å². The van der Waals surface area contributed by atoms with Gasteiger partial charge in [-0.25, -0.2) is 4.79 Å². The highest BCUT2D eigenvalue weighted by Crippen LogP contribution is 2.56. The zero-order valence-electron chi connectivity index (χ0n) is 43.3. The first-order valence-electron chi connectivity index (χ1n) is 26.0. The number of hydrogen-bond donors (Lipinski definition) is 6. The van der Waals surface area contributed by atoms with Crippen molar-refractivity contribution in [2.24, 2.45) is 5.92 Å². The molecule has 394 valence electrons. The molecule has 6 N–H and O–H groups in total. The predicted octanol–water partition coefficient (Wildman–Crippen LogP) is 7.84. The van der Waals surface area contributed by atoms with E-state index < -0.39 is 82.9 Å². The number of nitrogens with one attached hydrogen (secondary N) is 5. The van der Waals surface area contributed by atoms with E-state index in [1.807, 2.05) is 220 Å². The van der Waals surface area contributed by atoms with E-state index in [1.165, 1.54) is 18.9 Å². The summed E-state index contributed by atoms with van der Waals surface area (Å²) in [6.07, 6.45) is -0.308. The van der Waals surface area contributed by atoms with E-state index in [-0.39, 0.29) is 18.1 Å². The fourth-order valence-corrected chi connectivity index (χ4v) is 12.7. The molecule has 7 aromatic rings. The number of carbonyl (C=O) groups excluding carboxylic acids is 5. The Bertz CT molecular complexity index is 2950. The molecule has 6 atom stereocenters. The van der Waals surface area contributed by atoms with Crippen molar-refractivity contribution in [2.75, 3.05) is 31.3 Å². The number of methoxy groups -OCH3 is 1. The van der Waals surface area contributed by atoms with Crippen LogP contribution >= 0.6 is 11.8 Å². The molecule has 0 aliphatic carbocycles. The summed E-state index contributed by atoms with van der Waals surface area (Å²) >= 11 is 1.48. The molecule has 13 nitrogen and oxygen atoms in total. The Hall–Kier alpha value is -8.04. The van der Waals surface area contributed by atoms with Gasteiger partial charge >= 0.3 is 5.97 Å². The van der Waals surface area contributed by atoms with Crippen LogP contribution in [-0.2, 0) is 44.6 Å². The lowest BCUT2D eigenvalue weighted by Gasteiger charge is -2.48. The fraction of sp³-hybridized carbons (Fsp3) is 0.254. The first kappa shape index (κ1) is 53.8. The Labute approximate surface area is 454 Å². The number of anilines is 1. The Morgan fingerprint density at radius 2 is 1.06 bits per heavy atom. The second-order valence-corrected chi connectivity index (χ2v) is 20.8. The molecular weight excluding hydrogens is 985 g/mol. The lowest BCUT2D eigenvalue weighted by molar-refractivity contribution is -0.144. The van der Waals surface area contributed by atoms with Crippen molar-refractivity contribution in [3.8, 4) is 0 Å². The van der Waals surface area contributed by atoms with Crippen molar-refractivity contribution in [3.63, 3.8) is 0 Å². The van der Waals surface area contributed by atoms with Gasteiger partial charge in [-0.15, -0.1) is 11.8 Å². The SMILES string of the molecule is CCC(C)C(NC(=O)CNC(=O)C1CC2(O)c3ccccc3NC2N1C(c1ccccc1)(c1ccccc1)c1ccccc1)C(=O)NCC(=O)NC(CSC(c1ccccc1)(c1ccccc1)c1ccccc1)C(=O)OC. The van der Waals surface area contributed by atoms with Crippen LogP contribution in [0.25, 0.3) is 0 Å². The third-order valence-electron chi connectivity index (χ3n) is 15.0. The summed E-state index contributed by atoms with van der Waals surface area (Å²) in [4.78, 5) is 72.2. The van der Waals surface area contributed by atoms with Crippen LogP contribution < -0.4 is 26.6 Å². The van der Waals surface area contributed by atoms with Crippen LogP contribution in [0.1, 0.15) is 65.6 Å². The summed E-state index contributed by atoms with van der Waals surface area (Å²) in [6, 6.07) is 64.0. The standard InChI is InChI=1S/C63H64N6O7S/c1-4-43(2)56(58(73)65-40-54(70)66-52(59(74)76-3)42-77-63(47-31-17-8-18-32-47,48-33-19-9-20-34-48)49-35-21-10-22-36-49)68-55(71)41-64-57(72)53-39-61(75)50-37-23-24-38-51(50)67-60(61)69(53)62(44-25-11-5-12-26-44,45-27-13-6-14-28-45)46-29-15-7-16-30-46/h5-38,43,52-53,56,60,67,75H,4,39-42H2,1-3H3,(H,64,72)(H,65,73)(H,66,70)(H,68,71). The van der Waals surface area contributed by atoms with Gasteiger partial charge in [0, 0.05) is 23.4 Å². The second kappa shape index (κ2) is 23.9. The quantitative estimate of drug-likeness (QED) is 0.0307. The van der Waals surface area contributed by atoms with Crippen molar-refractivity contribution in [1.29, 1.82) is 0 Å². The average molecular weight is 1050 g/mol. The molecule has 0 radical (unpaired) electrons. The normalized spacial score (nSPS) is 18.0. The van der Waals surface area contributed by atoms with E-state index in [4.69, 9.17) is 4.74 Å². The number of fused-ring (bicyclic) bond motifs is 3. The second-order valence-electron chi connectivity index (χ2n) is 19.6. The summed E-state index contributed by atoms with van der Waals surface area (Å²) < 4.78 is 4.41. The molecule has 0 spiro atoms. The Morgan fingerprint density at radius 3 is 1.53 bits per heavy atom. The maximum absolute atomic E-state index is 15.0. The maximum atomic E-state index is 15.0. The number of rotatable bonds is 21. The van der Waals surface area contributed by atoms with Gasteiger partial charge in [-0.2, -0.15) is 0 Å². The van der Waals surface area contributed by atoms with E-state index in [2.05, 4.69) is 31.5 Å². The topological polar surface area (TPSA) is 178 Å². The van der Waals surface area contributed by atoms with Crippen LogP contribution in [0.5, 0.6) is 0 Å². The number of amides is 4. The van der Waals surface area contributed by atoms with Crippen molar-refractivity contribution in [2.45, 2.75) is 66.9 Å². The Morgan fingerprint density at radius 1 is 0.636 bits per heavy atom. The molecule has 4 amide bonds. The number of thioether (sulfide) groups is 1. The lowest BCUT2D eigenvalue weighted by atomic mass is 9.74. The number of hydrogen-bond acceptors (Lipinski definition) is 10. The van der Waals surface area contributed by atoms with E-state index in [1.54, 1.807) is 0 Å². The van der Waals surface area contributed by atoms with Crippen molar-refractivity contribution in [3.05, 3.63) is 245 Å². The summed E-state index contributed by atoms with van der Waals surface area (Å²) in [5.74, 6) is -3.31. The third kappa shape index (κ3) is 10.7. The van der Waals surface area contributed by atoms with Gasteiger partial charge in [0.2, 0.25) is 23.6 Å². The predicted molar refractivity (Wildman–Crippen MR) is 300 cm³/mol. The van der Waals surface area contributed by atoms with Crippen LogP contribution in [0, 0.1) is 5.92 Å². The third-order valence-corrected chi connectivity index (χ3v) is 16.6. The number of nitrogens with zero attached hydrogens (tertiary/aromatic N) is 1. The molecule has 1 saturated heterocycles. The number of aliphatic hydroxyl groups is 1. The van der Waals surface area contributed by atoms with Gasteiger partial charge in [0.05, 0.1) is 36.5 Å². The molecule has 1 fully saturated rings. The summed E-state index contributed by atoms with van der Waals surface area (Å²) in [5.41, 5.74) is 4.27. The largest absolute Gasteiger partial charge is 0.467 e. The molecule has 9 rings (SSSR count). The molecule has 0 aromatic heterocycles. The number of likely N-dealkylation sites (tertiary alicyclic amines) is 1. The van der Waals surface area contributed by atoms with Crippen molar-refractivity contribution < 1.29 is 33.8 Å². The molecule has 2 heterocycles. The van der Waals surface area contributed by atoms with Crippen LogP contribution in [0.4, 0.5) is 5.69 Å². The monoisotopic (exact) mass is 1050 g/mol. The maximum Gasteiger partial charge on any atom is 0.329 e. The number of esters is 1. The molecule has 14 heteroatoms. The van der Waals surface area contributed by atoms with Gasteiger partial charge in [-0.3, -0.25) is 24.1 Å². The average Bonchev–Trinajstić information content (AvgIpc) is 4.19. The van der Waals surface area contributed by atoms with Gasteiger partial charge in [0.15, 0.2) is 0 Å². The molecule has 7 aromatic carbocycles. The van der Waals surface area contributed by atoms with Gasteiger partial charge in [-0.1, -0.05) is 220 Å². The Kier molecular flexibility index (Phi) is 16.7. The number of para-hydroxylation sites is 1. The lowest BCUT2D eigenvalue weighted by Crippen LogP contribution is -2.60. The van der Waals surface area contributed by atoms with E-state index in [0.29, 0.717) is 12.0 Å². The first-order chi connectivity index (χ1) is 37.4. The van der Waals surface area contributed by atoms with Gasteiger partial charge in [0.1, 0.15) is 23.9 Å². The molecule has 2 aliphatic heterocycles. The van der Waals surface area contributed by atoms with Crippen LogP contribution in [0.15, 0.2) is 206 Å². The highest BCUT2D eigenvalue weighted by atomic mass is 32.2. The highest BCUT2D eigenvalue weighted by molar-refractivity contribution is 8.00. The number of benzene rings is 7. The number of carbonyl (C=O) groups is 5. The van der Waals surface area contributed by atoms with E-state index in [0.717, 1.165) is 39.1 Å². The summed E-state index contributed by atoms with van der Waals surface area (Å²) in [7, 11) is 1.26. The van der Waals surface area contributed by atoms with Crippen molar-refractivity contribution in [1.82, 2.24) is 26.2 Å². The van der Waals surface area contributed by atoms with Crippen LogP contribution in [-0.4, -0.2) is 89.8 Å².